The van der Waals surface area contributed by atoms with Gasteiger partial charge in [-0.05, 0) is 25.0 Å². The summed E-state index contributed by atoms with van der Waals surface area (Å²) >= 11 is 0. The van der Waals surface area contributed by atoms with E-state index in [1.54, 1.807) is 6.92 Å². The first-order valence-electron chi connectivity index (χ1n) is 5.94. The first kappa shape index (κ1) is 14.4. The molecule has 0 spiro atoms. The van der Waals surface area contributed by atoms with Crippen LogP contribution < -0.4 is 15.8 Å². The molecule has 1 rings (SSSR count). The lowest BCUT2D eigenvalue weighted by Gasteiger charge is -2.17. The lowest BCUT2D eigenvalue weighted by atomic mass is 10.0. The fourth-order valence-corrected chi connectivity index (χ4v) is 1.39. The van der Waals surface area contributed by atoms with Gasteiger partial charge >= 0.3 is 0 Å². The molecule has 0 aromatic heterocycles. The van der Waals surface area contributed by atoms with Crippen molar-refractivity contribution in [1.29, 1.82) is 0 Å². The van der Waals surface area contributed by atoms with E-state index in [4.69, 9.17) is 10.5 Å². The second-order valence-electron chi connectivity index (χ2n) is 4.33. The standard InChI is InChI=1S/C13H19FN2O2/c1-4-18-11-7-9(14)5-6-10(11)16-13(17)12(15)8(2)3/h5-8,12H,4,15H2,1-3H3,(H,16,17)/t12-/m1/s1. The van der Waals surface area contributed by atoms with Crippen molar-refractivity contribution >= 4 is 11.6 Å². The zero-order valence-electron chi connectivity index (χ0n) is 10.9. The van der Waals surface area contributed by atoms with E-state index in [0.29, 0.717) is 18.0 Å². The van der Waals surface area contributed by atoms with E-state index in [2.05, 4.69) is 5.32 Å². The molecule has 3 N–H and O–H groups in total. The van der Waals surface area contributed by atoms with Gasteiger partial charge in [-0.15, -0.1) is 0 Å². The van der Waals surface area contributed by atoms with Crippen molar-refractivity contribution in [3.05, 3.63) is 24.0 Å². The molecule has 1 atom stereocenters. The Morgan fingerprint density at radius 1 is 1.50 bits per heavy atom. The average molecular weight is 254 g/mol. The Labute approximate surface area is 106 Å². The topological polar surface area (TPSA) is 64.3 Å². The van der Waals surface area contributed by atoms with Crippen molar-refractivity contribution in [2.45, 2.75) is 26.8 Å². The Kier molecular flexibility index (Phi) is 5.09. The lowest BCUT2D eigenvalue weighted by Crippen LogP contribution is -2.39. The van der Waals surface area contributed by atoms with Crippen molar-refractivity contribution in [2.75, 3.05) is 11.9 Å². The third-order valence-electron chi connectivity index (χ3n) is 2.52. The number of nitrogens with two attached hydrogens (primary N) is 1. The van der Waals surface area contributed by atoms with Crippen LogP contribution >= 0.6 is 0 Å². The first-order chi connectivity index (χ1) is 8.45. The van der Waals surface area contributed by atoms with Crippen molar-refractivity contribution in [1.82, 2.24) is 0 Å². The molecule has 100 valence electrons. The maximum Gasteiger partial charge on any atom is 0.241 e. The predicted octanol–water partition coefficient (Wildman–Crippen LogP) is 2.15. The molecule has 0 saturated heterocycles. The molecule has 0 unspecified atom stereocenters. The molecule has 0 bridgehead atoms. The Bertz CT molecular complexity index is 421. The summed E-state index contributed by atoms with van der Waals surface area (Å²) in [6, 6.07) is 3.36. The summed E-state index contributed by atoms with van der Waals surface area (Å²) in [4.78, 5) is 11.8. The molecule has 0 heterocycles. The van der Waals surface area contributed by atoms with Gasteiger partial charge in [0.1, 0.15) is 11.6 Å². The van der Waals surface area contributed by atoms with Gasteiger partial charge in [0, 0.05) is 6.07 Å². The number of carbonyl (C=O) groups is 1. The highest BCUT2D eigenvalue weighted by Crippen LogP contribution is 2.25. The normalized spacial score (nSPS) is 12.3. The van der Waals surface area contributed by atoms with Crippen molar-refractivity contribution < 1.29 is 13.9 Å². The Hall–Kier alpha value is -1.62. The number of benzene rings is 1. The minimum atomic E-state index is -0.607. The largest absolute Gasteiger partial charge is 0.492 e. The molecule has 18 heavy (non-hydrogen) atoms. The molecule has 4 nitrogen and oxygen atoms in total. The van der Waals surface area contributed by atoms with Crippen molar-refractivity contribution in [3.63, 3.8) is 0 Å². The third kappa shape index (κ3) is 3.70. The molecule has 0 aliphatic carbocycles. The Balaban J connectivity index is 2.86. The van der Waals surface area contributed by atoms with Gasteiger partial charge in [-0.1, -0.05) is 13.8 Å². The van der Waals surface area contributed by atoms with E-state index < -0.39 is 11.9 Å². The van der Waals surface area contributed by atoms with E-state index in [9.17, 15) is 9.18 Å². The van der Waals surface area contributed by atoms with Crippen LogP contribution in [0.4, 0.5) is 10.1 Å². The van der Waals surface area contributed by atoms with Crippen LogP contribution in [0, 0.1) is 11.7 Å². The maximum atomic E-state index is 13.1. The Morgan fingerprint density at radius 2 is 2.17 bits per heavy atom. The fourth-order valence-electron chi connectivity index (χ4n) is 1.39. The van der Waals surface area contributed by atoms with E-state index in [1.807, 2.05) is 13.8 Å². The van der Waals surface area contributed by atoms with Crippen LogP contribution in [0.3, 0.4) is 0 Å². The van der Waals surface area contributed by atoms with E-state index in [-0.39, 0.29) is 11.8 Å². The highest BCUT2D eigenvalue weighted by Gasteiger charge is 2.18. The zero-order valence-corrected chi connectivity index (χ0v) is 10.9. The summed E-state index contributed by atoms with van der Waals surface area (Å²) in [5.41, 5.74) is 6.16. The number of amides is 1. The quantitative estimate of drug-likeness (QED) is 0.846. The lowest BCUT2D eigenvalue weighted by molar-refractivity contribution is -0.118. The average Bonchev–Trinajstić information content (AvgIpc) is 2.31. The summed E-state index contributed by atoms with van der Waals surface area (Å²) in [6.45, 7) is 5.90. The van der Waals surface area contributed by atoms with Gasteiger partial charge in [-0.3, -0.25) is 4.79 Å². The smallest absolute Gasteiger partial charge is 0.241 e. The second kappa shape index (κ2) is 6.35. The van der Waals surface area contributed by atoms with Crippen LogP contribution in [0.25, 0.3) is 0 Å². The predicted molar refractivity (Wildman–Crippen MR) is 69.0 cm³/mol. The van der Waals surface area contributed by atoms with Crippen LogP contribution in [0.1, 0.15) is 20.8 Å². The van der Waals surface area contributed by atoms with Gasteiger partial charge in [0.2, 0.25) is 5.91 Å². The van der Waals surface area contributed by atoms with Crippen LogP contribution in [0.2, 0.25) is 0 Å². The molecule has 0 fully saturated rings. The number of anilines is 1. The highest BCUT2D eigenvalue weighted by molar-refractivity contribution is 5.96. The van der Waals surface area contributed by atoms with E-state index in [1.165, 1.54) is 18.2 Å². The minimum absolute atomic E-state index is 0.0287. The number of nitrogens with one attached hydrogen (secondary N) is 1. The number of rotatable bonds is 5. The van der Waals surface area contributed by atoms with Gasteiger partial charge < -0.3 is 15.8 Å². The van der Waals surface area contributed by atoms with Crippen LogP contribution in [-0.2, 0) is 4.79 Å². The molecule has 0 aliphatic heterocycles. The first-order valence-corrected chi connectivity index (χ1v) is 5.94. The van der Waals surface area contributed by atoms with E-state index >= 15 is 0 Å². The molecule has 1 amide bonds. The third-order valence-corrected chi connectivity index (χ3v) is 2.52. The van der Waals surface area contributed by atoms with Gasteiger partial charge in [-0.2, -0.15) is 0 Å². The summed E-state index contributed by atoms with van der Waals surface area (Å²) in [5, 5.41) is 2.65. The van der Waals surface area contributed by atoms with Crippen molar-refractivity contribution in [3.8, 4) is 5.75 Å². The number of hydrogen-bond acceptors (Lipinski definition) is 3. The summed E-state index contributed by atoms with van der Waals surface area (Å²) < 4.78 is 18.3. The highest BCUT2D eigenvalue weighted by atomic mass is 19.1. The molecular weight excluding hydrogens is 235 g/mol. The van der Waals surface area contributed by atoms with Gasteiger partial charge in [-0.25, -0.2) is 4.39 Å². The van der Waals surface area contributed by atoms with Crippen LogP contribution in [0.15, 0.2) is 18.2 Å². The van der Waals surface area contributed by atoms with Crippen LogP contribution in [-0.4, -0.2) is 18.6 Å². The zero-order chi connectivity index (χ0) is 13.7. The monoisotopic (exact) mass is 254 g/mol. The summed E-state index contributed by atoms with van der Waals surface area (Å²) in [5.74, 6) is -0.384. The molecule has 5 heteroatoms. The molecule has 0 aliphatic rings. The summed E-state index contributed by atoms with van der Waals surface area (Å²) in [6.07, 6.45) is 0. The van der Waals surface area contributed by atoms with Gasteiger partial charge in [0.25, 0.3) is 0 Å². The van der Waals surface area contributed by atoms with Gasteiger partial charge in [0.15, 0.2) is 0 Å². The molecule has 1 aromatic carbocycles. The number of carbonyl (C=O) groups excluding carboxylic acids is 1. The van der Waals surface area contributed by atoms with Crippen LogP contribution in [0.5, 0.6) is 5.75 Å². The number of halogens is 1. The number of hydrogen-bond donors (Lipinski definition) is 2. The van der Waals surface area contributed by atoms with Gasteiger partial charge in [0.05, 0.1) is 18.3 Å². The van der Waals surface area contributed by atoms with Crippen molar-refractivity contribution in [2.24, 2.45) is 11.7 Å². The molecule has 0 radical (unpaired) electrons. The minimum Gasteiger partial charge on any atom is -0.492 e. The fraction of sp³-hybridized carbons (Fsp3) is 0.462. The summed E-state index contributed by atoms with van der Waals surface area (Å²) in [7, 11) is 0. The molecule has 0 saturated carbocycles. The molecular formula is C13H19FN2O2. The van der Waals surface area contributed by atoms with E-state index in [0.717, 1.165) is 0 Å². The Morgan fingerprint density at radius 3 is 2.72 bits per heavy atom. The molecule has 1 aromatic rings. The second-order valence-corrected chi connectivity index (χ2v) is 4.33. The SMILES string of the molecule is CCOc1cc(F)ccc1NC(=O)[C@H](N)C(C)C. The number of ether oxygens (including phenoxy) is 1. The maximum absolute atomic E-state index is 13.1.